The molecule has 1 fully saturated rings. The number of ether oxygens (including phenoxy) is 3. The van der Waals surface area contributed by atoms with Crippen molar-refractivity contribution in [2.24, 2.45) is 5.92 Å². The molecule has 0 aromatic rings. The van der Waals surface area contributed by atoms with Crippen molar-refractivity contribution in [3.8, 4) is 0 Å². The molecule has 0 aromatic heterocycles. The van der Waals surface area contributed by atoms with Gasteiger partial charge in [-0.05, 0) is 19.8 Å². The maximum Gasteiger partial charge on any atom is 0.163 e. The molecule has 3 unspecified atom stereocenters. The summed E-state index contributed by atoms with van der Waals surface area (Å²) < 4.78 is 16.5. The summed E-state index contributed by atoms with van der Waals surface area (Å²) in [5.41, 5.74) is 0. The average Bonchev–Trinajstić information content (AvgIpc) is 2.41. The molecule has 0 bridgehead atoms. The number of rotatable bonds is 8. The van der Waals surface area contributed by atoms with Crippen molar-refractivity contribution < 1.29 is 29.2 Å². The van der Waals surface area contributed by atoms with Gasteiger partial charge in [-0.3, -0.25) is 0 Å². The molecule has 0 aromatic carbocycles. The fraction of sp³-hybridized carbons (Fsp3) is 0.929. The Balaban J connectivity index is 2.41. The number of aliphatic hydroxyl groups is 2. The van der Waals surface area contributed by atoms with E-state index in [1.807, 2.05) is 6.92 Å². The van der Waals surface area contributed by atoms with Crippen LogP contribution in [0, 0.1) is 5.92 Å². The van der Waals surface area contributed by atoms with Gasteiger partial charge in [0.1, 0.15) is 18.0 Å². The lowest BCUT2D eigenvalue weighted by Crippen LogP contribution is -2.56. The highest BCUT2D eigenvalue weighted by Gasteiger charge is 2.43. The van der Waals surface area contributed by atoms with Gasteiger partial charge >= 0.3 is 0 Å². The summed E-state index contributed by atoms with van der Waals surface area (Å²) in [5, 5.41) is 19.2. The second kappa shape index (κ2) is 8.69. The fourth-order valence-electron chi connectivity index (χ4n) is 2.43. The normalized spacial score (nSPS) is 34.1. The number of hydrogen-bond donors (Lipinski definition) is 2. The Morgan fingerprint density at radius 3 is 2.60 bits per heavy atom. The quantitative estimate of drug-likeness (QED) is 0.633. The third kappa shape index (κ3) is 4.79. The number of carbonyl (C=O) groups is 1. The minimum absolute atomic E-state index is 0.134. The Hall–Kier alpha value is -0.530. The zero-order chi connectivity index (χ0) is 15.1. The van der Waals surface area contributed by atoms with E-state index in [1.165, 1.54) is 7.11 Å². The van der Waals surface area contributed by atoms with Gasteiger partial charge in [-0.25, -0.2) is 0 Å². The predicted molar refractivity (Wildman–Crippen MR) is 72.2 cm³/mol. The van der Waals surface area contributed by atoms with Crippen LogP contribution in [-0.2, 0) is 19.0 Å². The Kier molecular flexibility index (Phi) is 7.61. The van der Waals surface area contributed by atoms with Crippen molar-refractivity contribution in [3.63, 3.8) is 0 Å². The van der Waals surface area contributed by atoms with Crippen LogP contribution in [0.1, 0.15) is 33.1 Å². The first-order valence-electron chi connectivity index (χ1n) is 7.09. The maximum atomic E-state index is 10.8. The van der Waals surface area contributed by atoms with E-state index in [9.17, 15) is 15.0 Å². The lowest BCUT2D eigenvalue weighted by atomic mass is 9.92. The first-order valence-corrected chi connectivity index (χ1v) is 7.09. The van der Waals surface area contributed by atoms with Gasteiger partial charge in [0, 0.05) is 26.1 Å². The van der Waals surface area contributed by atoms with E-state index in [1.54, 1.807) is 6.92 Å². The molecular formula is C14H26O6. The van der Waals surface area contributed by atoms with Crippen molar-refractivity contribution >= 4 is 5.78 Å². The molecule has 6 nitrogen and oxygen atoms in total. The van der Waals surface area contributed by atoms with E-state index < -0.39 is 24.6 Å². The van der Waals surface area contributed by atoms with E-state index in [-0.39, 0.29) is 18.3 Å². The predicted octanol–water partition coefficient (Wildman–Crippen LogP) is 0.491. The van der Waals surface area contributed by atoms with E-state index in [0.29, 0.717) is 13.0 Å². The SMILES string of the molecule is COC1C(O)[C@H](CO)OC(OCCCCC(C)=O)[C@@H]1C. The van der Waals surface area contributed by atoms with Gasteiger partial charge in [0.25, 0.3) is 0 Å². The molecule has 20 heavy (non-hydrogen) atoms. The number of aliphatic hydroxyl groups excluding tert-OH is 2. The van der Waals surface area contributed by atoms with Gasteiger partial charge in [0.2, 0.25) is 0 Å². The average molecular weight is 290 g/mol. The van der Waals surface area contributed by atoms with E-state index in [4.69, 9.17) is 14.2 Å². The van der Waals surface area contributed by atoms with Crippen LogP contribution in [0.5, 0.6) is 0 Å². The molecule has 1 rings (SSSR count). The van der Waals surface area contributed by atoms with Gasteiger partial charge < -0.3 is 29.2 Å². The maximum absolute atomic E-state index is 10.8. The van der Waals surface area contributed by atoms with Crippen molar-refractivity contribution in [2.75, 3.05) is 20.3 Å². The Labute approximate surface area is 120 Å². The van der Waals surface area contributed by atoms with Crippen LogP contribution in [0.15, 0.2) is 0 Å². The highest BCUT2D eigenvalue weighted by atomic mass is 16.7. The molecular weight excluding hydrogens is 264 g/mol. The lowest BCUT2D eigenvalue weighted by Gasteiger charge is -2.42. The van der Waals surface area contributed by atoms with Crippen molar-refractivity contribution in [1.29, 1.82) is 0 Å². The number of ketones is 1. The van der Waals surface area contributed by atoms with Crippen molar-refractivity contribution in [2.45, 2.75) is 57.7 Å². The second-order valence-corrected chi connectivity index (χ2v) is 5.31. The molecule has 2 N–H and O–H groups in total. The fourth-order valence-corrected chi connectivity index (χ4v) is 2.43. The minimum Gasteiger partial charge on any atom is -0.394 e. The van der Waals surface area contributed by atoms with E-state index in [2.05, 4.69) is 0 Å². The summed E-state index contributed by atoms with van der Waals surface area (Å²) in [6.45, 7) is 3.65. The Morgan fingerprint density at radius 1 is 1.35 bits per heavy atom. The Bertz CT molecular complexity index is 295. The largest absolute Gasteiger partial charge is 0.394 e. The summed E-state index contributed by atoms with van der Waals surface area (Å²) in [7, 11) is 1.52. The molecule has 0 aliphatic carbocycles. The molecule has 1 aliphatic rings. The standard InChI is InChI=1S/C14H26O6/c1-9(16)6-4-5-7-19-14-10(2)13(18-3)12(17)11(8-15)20-14/h10-15,17H,4-8H2,1-3H3/t10-,11+,12?,13?,14?/m1/s1. The molecule has 0 saturated carbocycles. The highest BCUT2D eigenvalue weighted by molar-refractivity contribution is 5.75. The van der Waals surface area contributed by atoms with Crippen molar-refractivity contribution in [1.82, 2.24) is 0 Å². The summed E-state index contributed by atoms with van der Waals surface area (Å²) in [6, 6.07) is 0. The third-order valence-electron chi connectivity index (χ3n) is 3.63. The van der Waals surface area contributed by atoms with Crippen LogP contribution in [0.3, 0.4) is 0 Å². The monoisotopic (exact) mass is 290 g/mol. The van der Waals surface area contributed by atoms with Crippen molar-refractivity contribution in [3.05, 3.63) is 0 Å². The van der Waals surface area contributed by atoms with Gasteiger partial charge in [-0.2, -0.15) is 0 Å². The molecule has 6 heteroatoms. The van der Waals surface area contributed by atoms with E-state index in [0.717, 1.165) is 12.8 Å². The van der Waals surface area contributed by atoms with Crippen LogP contribution >= 0.6 is 0 Å². The molecule has 1 saturated heterocycles. The van der Waals surface area contributed by atoms with Gasteiger partial charge in [0.05, 0.1) is 12.7 Å². The zero-order valence-corrected chi connectivity index (χ0v) is 12.4. The number of hydrogen-bond acceptors (Lipinski definition) is 6. The second-order valence-electron chi connectivity index (χ2n) is 5.31. The number of Topliss-reactive ketones (excluding diaryl/α,β-unsaturated/α-hetero) is 1. The Morgan fingerprint density at radius 2 is 2.05 bits per heavy atom. The molecule has 0 radical (unpaired) electrons. The molecule has 0 spiro atoms. The number of unbranched alkanes of at least 4 members (excludes halogenated alkanes) is 1. The topological polar surface area (TPSA) is 85.2 Å². The first kappa shape index (κ1) is 17.5. The van der Waals surface area contributed by atoms with E-state index >= 15 is 0 Å². The van der Waals surface area contributed by atoms with Crippen LogP contribution in [0.2, 0.25) is 0 Å². The first-order chi connectivity index (χ1) is 9.51. The minimum atomic E-state index is -0.863. The number of carbonyl (C=O) groups excluding carboxylic acids is 1. The highest BCUT2D eigenvalue weighted by Crippen LogP contribution is 2.28. The van der Waals surface area contributed by atoms with Gasteiger partial charge in [0.15, 0.2) is 6.29 Å². The third-order valence-corrected chi connectivity index (χ3v) is 3.63. The summed E-state index contributed by atoms with van der Waals surface area (Å²) in [6.07, 6.45) is -0.382. The van der Waals surface area contributed by atoms with Gasteiger partial charge in [-0.15, -0.1) is 0 Å². The summed E-state index contributed by atoms with van der Waals surface area (Å²) >= 11 is 0. The van der Waals surface area contributed by atoms with Crippen LogP contribution in [0.4, 0.5) is 0 Å². The smallest absolute Gasteiger partial charge is 0.163 e. The zero-order valence-electron chi connectivity index (χ0n) is 12.4. The van der Waals surface area contributed by atoms with Crippen LogP contribution < -0.4 is 0 Å². The van der Waals surface area contributed by atoms with Crippen LogP contribution in [0.25, 0.3) is 0 Å². The molecule has 5 atom stereocenters. The molecule has 0 amide bonds. The molecule has 118 valence electrons. The molecule has 1 heterocycles. The van der Waals surface area contributed by atoms with Crippen LogP contribution in [-0.4, -0.2) is 60.9 Å². The summed E-state index contributed by atoms with van der Waals surface area (Å²) in [4.78, 5) is 10.8. The lowest BCUT2D eigenvalue weighted by molar-refractivity contribution is -0.286. The number of methoxy groups -OCH3 is 1. The molecule has 1 aliphatic heterocycles. The van der Waals surface area contributed by atoms with Gasteiger partial charge in [-0.1, -0.05) is 6.92 Å². The summed E-state index contributed by atoms with van der Waals surface area (Å²) in [5.74, 6) is 0.0424.